The molecule has 70 valence electrons. The summed E-state index contributed by atoms with van der Waals surface area (Å²) in [6.45, 7) is 4.12. The van der Waals surface area contributed by atoms with Crippen LogP contribution in [0, 0.1) is 5.92 Å². The van der Waals surface area contributed by atoms with E-state index in [9.17, 15) is 4.79 Å². The van der Waals surface area contributed by atoms with Crippen LogP contribution in [0.5, 0.6) is 0 Å². The van der Waals surface area contributed by atoms with Gasteiger partial charge in [-0.1, -0.05) is 13.8 Å². The molecule has 0 aromatic carbocycles. The Morgan fingerprint density at radius 1 is 1.67 bits per heavy atom. The van der Waals surface area contributed by atoms with E-state index in [1.807, 2.05) is 6.92 Å². The van der Waals surface area contributed by atoms with Crippen molar-refractivity contribution in [2.24, 2.45) is 11.7 Å². The Hall–Kier alpha value is -0.570. The van der Waals surface area contributed by atoms with Gasteiger partial charge in [-0.15, -0.1) is 0 Å². The maximum atomic E-state index is 11.2. The molecule has 0 aromatic heterocycles. The van der Waals surface area contributed by atoms with Crippen LogP contribution in [-0.4, -0.2) is 18.0 Å². The van der Waals surface area contributed by atoms with Crippen molar-refractivity contribution >= 4 is 5.91 Å². The molecule has 1 fully saturated rings. The molecule has 0 aromatic rings. The summed E-state index contributed by atoms with van der Waals surface area (Å²) in [5, 5.41) is 2.93. The average molecular weight is 170 g/mol. The third-order valence-electron chi connectivity index (χ3n) is 2.50. The smallest absolute Gasteiger partial charge is 0.237 e. The topological polar surface area (TPSA) is 55.1 Å². The zero-order chi connectivity index (χ0) is 9.14. The third kappa shape index (κ3) is 2.21. The minimum absolute atomic E-state index is 0.00870. The lowest BCUT2D eigenvalue weighted by atomic mass is 9.82. The first-order valence-electron chi connectivity index (χ1n) is 4.69. The maximum absolute atomic E-state index is 11.2. The predicted octanol–water partition coefficient (Wildman–Crippen LogP) is 0.638. The van der Waals surface area contributed by atoms with Crippen molar-refractivity contribution < 1.29 is 4.79 Å². The standard InChI is InChI=1S/C9H18N2O/c1-3-8(10)9(12)11-7-4-6(2)5-7/h6-8H,3-5,10H2,1-2H3,(H,11,12). The number of hydrogen-bond acceptors (Lipinski definition) is 2. The van der Waals surface area contributed by atoms with Crippen LogP contribution in [0.25, 0.3) is 0 Å². The lowest BCUT2D eigenvalue weighted by molar-refractivity contribution is -0.123. The molecule has 0 saturated heterocycles. The van der Waals surface area contributed by atoms with Crippen LogP contribution in [0.3, 0.4) is 0 Å². The Labute approximate surface area is 73.7 Å². The van der Waals surface area contributed by atoms with Crippen molar-refractivity contribution in [3.05, 3.63) is 0 Å². The molecule has 1 aliphatic carbocycles. The molecule has 1 amide bonds. The molecule has 1 saturated carbocycles. The fourth-order valence-corrected chi connectivity index (χ4v) is 1.51. The van der Waals surface area contributed by atoms with E-state index in [1.54, 1.807) is 0 Å². The van der Waals surface area contributed by atoms with Gasteiger partial charge in [0.1, 0.15) is 0 Å². The Bertz CT molecular complexity index is 164. The number of nitrogens with two attached hydrogens (primary N) is 1. The van der Waals surface area contributed by atoms with E-state index in [-0.39, 0.29) is 11.9 Å². The second-order valence-electron chi connectivity index (χ2n) is 3.80. The van der Waals surface area contributed by atoms with E-state index in [0.717, 1.165) is 18.8 Å². The maximum Gasteiger partial charge on any atom is 0.237 e. The zero-order valence-corrected chi connectivity index (χ0v) is 7.84. The minimum atomic E-state index is -0.319. The average Bonchev–Trinajstić information content (AvgIpc) is 2.00. The Kier molecular flexibility index (Phi) is 3.09. The Morgan fingerprint density at radius 2 is 2.25 bits per heavy atom. The second kappa shape index (κ2) is 3.90. The number of nitrogens with one attached hydrogen (secondary N) is 1. The van der Waals surface area contributed by atoms with E-state index >= 15 is 0 Å². The summed E-state index contributed by atoms with van der Waals surface area (Å²) in [5.74, 6) is 0.780. The van der Waals surface area contributed by atoms with Crippen LogP contribution in [0.2, 0.25) is 0 Å². The quantitative estimate of drug-likeness (QED) is 0.653. The van der Waals surface area contributed by atoms with E-state index in [4.69, 9.17) is 5.73 Å². The molecule has 0 aliphatic heterocycles. The summed E-state index contributed by atoms with van der Waals surface area (Å²) in [6.07, 6.45) is 2.94. The molecule has 1 rings (SSSR count). The summed E-state index contributed by atoms with van der Waals surface area (Å²) in [5.41, 5.74) is 5.57. The molecule has 0 bridgehead atoms. The molecule has 3 nitrogen and oxygen atoms in total. The number of carbonyl (C=O) groups is 1. The molecule has 0 radical (unpaired) electrons. The summed E-state index contributed by atoms with van der Waals surface area (Å²) in [6, 6.07) is 0.0750. The number of carbonyl (C=O) groups excluding carboxylic acids is 1. The van der Waals surface area contributed by atoms with Gasteiger partial charge in [0.25, 0.3) is 0 Å². The van der Waals surface area contributed by atoms with E-state index in [1.165, 1.54) is 0 Å². The van der Waals surface area contributed by atoms with Crippen LogP contribution in [0.4, 0.5) is 0 Å². The molecular weight excluding hydrogens is 152 g/mol. The van der Waals surface area contributed by atoms with Gasteiger partial charge >= 0.3 is 0 Å². The second-order valence-corrected chi connectivity index (χ2v) is 3.80. The number of amides is 1. The molecule has 1 aliphatic rings. The van der Waals surface area contributed by atoms with Gasteiger partial charge in [0.15, 0.2) is 0 Å². The summed E-state index contributed by atoms with van der Waals surface area (Å²) < 4.78 is 0. The molecule has 12 heavy (non-hydrogen) atoms. The van der Waals surface area contributed by atoms with Crippen LogP contribution < -0.4 is 11.1 Å². The summed E-state index contributed by atoms with van der Waals surface area (Å²) in [7, 11) is 0. The monoisotopic (exact) mass is 170 g/mol. The molecule has 1 atom stereocenters. The fraction of sp³-hybridized carbons (Fsp3) is 0.889. The van der Waals surface area contributed by atoms with Gasteiger partial charge in [-0.3, -0.25) is 4.79 Å². The highest BCUT2D eigenvalue weighted by molar-refractivity contribution is 5.81. The zero-order valence-electron chi connectivity index (χ0n) is 7.84. The van der Waals surface area contributed by atoms with Gasteiger partial charge in [-0.05, 0) is 25.2 Å². The van der Waals surface area contributed by atoms with Crippen molar-refractivity contribution in [2.45, 2.75) is 45.2 Å². The van der Waals surface area contributed by atoms with Crippen molar-refractivity contribution in [1.82, 2.24) is 5.32 Å². The molecule has 1 unspecified atom stereocenters. The van der Waals surface area contributed by atoms with Crippen molar-refractivity contribution in [3.8, 4) is 0 Å². The highest BCUT2D eigenvalue weighted by Crippen LogP contribution is 2.26. The lowest BCUT2D eigenvalue weighted by Crippen LogP contribution is -2.49. The first-order valence-corrected chi connectivity index (χ1v) is 4.69. The highest BCUT2D eigenvalue weighted by atomic mass is 16.2. The lowest BCUT2D eigenvalue weighted by Gasteiger charge is -2.33. The predicted molar refractivity (Wildman–Crippen MR) is 48.6 cm³/mol. The van der Waals surface area contributed by atoms with Gasteiger partial charge in [-0.25, -0.2) is 0 Å². The van der Waals surface area contributed by atoms with Crippen molar-refractivity contribution in [3.63, 3.8) is 0 Å². The van der Waals surface area contributed by atoms with Crippen LogP contribution in [0.15, 0.2) is 0 Å². The van der Waals surface area contributed by atoms with Gasteiger partial charge in [-0.2, -0.15) is 0 Å². The van der Waals surface area contributed by atoms with Gasteiger partial charge in [0.2, 0.25) is 5.91 Å². The molecular formula is C9H18N2O. The molecule has 0 spiro atoms. The van der Waals surface area contributed by atoms with E-state index in [2.05, 4.69) is 12.2 Å². The number of rotatable bonds is 3. The Balaban J connectivity index is 2.18. The van der Waals surface area contributed by atoms with Crippen LogP contribution in [0.1, 0.15) is 33.1 Å². The SMILES string of the molecule is CCC(N)C(=O)NC1CC(C)C1. The normalized spacial score (nSPS) is 30.6. The summed E-state index contributed by atoms with van der Waals surface area (Å²) >= 11 is 0. The van der Waals surface area contributed by atoms with Gasteiger partial charge in [0, 0.05) is 6.04 Å². The van der Waals surface area contributed by atoms with Gasteiger partial charge in [0.05, 0.1) is 6.04 Å². The summed E-state index contributed by atoms with van der Waals surface area (Å²) in [4.78, 5) is 11.2. The molecule has 0 heterocycles. The van der Waals surface area contributed by atoms with Gasteiger partial charge < -0.3 is 11.1 Å². The Morgan fingerprint density at radius 3 is 2.67 bits per heavy atom. The van der Waals surface area contributed by atoms with Crippen molar-refractivity contribution in [1.29, 1.82) is 0 Å². The fourth-order valence-electron chi connectivity index (χ4n) is 1.51. The first-order chi connectivity index (χ1) is 5.63. The minimum Gasteiger partial charge on any atom is -0.352 e. The number of hydrogen-bond donors (Lipinski definition) is 2. The first kappa shape index (κ1) is 9.52. The third-order valence-corrected chi connectivity index (χ3v) is 2.50. The van der Waals surface area contributed by atoms with Crippen LogP contribution in [-0.2, 0) is 4.79 Å². The molecule has 3 heteroatoms. The largest absolute Gasteiger partial charge is 0.352 e. The van der Waals surface area contributed by atoms with E-state index < -0.39 is 0 Å². The van der Waals surface area contributed by atoms with Crippen LogP contribution >= 0.6 is 0 Å². The highest BCUT2D eigenvalue weighted by Gasteiger charge is 2.27. The van der Waals surface area contributed by atoms with Crippen molar-refractivity contribution in [2.75, 3.05) is 0 Å². The molecule has 3 N–H and O–H groups in total. The van der Waals surface area contributed by atoms with E-state index in [0.29, 0.717) is 12.5 Å².